The average Bonchev–Trinajstić information content (AvgIpc) is 2.93. The zero-order valence-corrected chi connectivity index (χ0v) is 14.4. The van der Waals surface area contributed by atoms with E-state index in [2.05, 4.69) is 5.32 Å². The lowest BCUT2D eigenvalue weighted by Gasteiger charge is -2.41. The molecule has 0 bridgehead atoms. The van der Waals surface area contributed by atoms with E-state index in [1.807, 2.05) is 45.0 Å². The van der Waals surface area contributed by atoms with Crippen molar-refractivity contribution in [3.8, 4) is 5.75 Å². The second-order valence-corrected chi connectivity index (χ2v) is 8.14. The van der Waals surface area contributed by atoms with Crippen LogP contribution in [0.2, 0.25) is 0 Å². The number of rotatable bonds is 2. The molecular weight excluding hydrogens is 288 g/mol. The Morgan fingerprint density at radius 3 is 2.61 bits per heavy atom. The van der Waals surface area contributed by atoms with Crippen LogP contribution in [0.1, 0.15) is 64.5 Å². The molecule has 1 aliphatic heterocycles. The maximum atomic E-state index is 12.6. The van der Waals surface area contributed by atoms with Crippen molar-refractivity contribution in [2.75, 3.05) is 0 Å². The molecule has 23 heavy (non-hydrogen) atoms. The van der Waals surface area contributed by atoms with Gasteiger partial charge in [-0.2, -0.15) is 0 Å². The van der Waals surface area contributed by atoms with E-state index in [1.165, 1.54) is 12.8 Å². The Hall–Kier alpha value is -1.55. The van der Waals surface area contributed by atoms with Gasteiger partial charge in [0.15, 0.2) is 0 Å². The third-order valence-corrected chi connectivity index (χ3v) is 5.24. The van der Waals surface area contributed by atoms with Crippen LogP contribution < -0.4 is 15.8 Å². The molecule has 2 aliphatic rings. The van der Waals surface area contributed by atoms with Crippen molar-refractivity contribution < 1.29 is 9.53 Å². The normalized spacial score (nSPS) is 23.9. The van der Waals surface area contributed by atoms with E-state index in [-0.39, 0.29) is 23.0 Å². The van der Waals surface area contributed by atoms with E-state index in [1.54, 1.807) is 0 Å². The lowest BCUT2D eigenvalue weighted by atomic mass is 9.84. The number of nitrogens with two attached hydrogens (primary N) is 1. The van der Waals surface area contributed by atoms with Crippen LogP contribution in [0.25, 0.3) is 0 Å². The number of benzene rings is 1. The van der Waals surface area contributed by atoms with Crippen LogP contribution in [-0.2, 0) is 4.79 Å². The summed E-state index contributed by atoms with van der Waals surface area (Å²) in [6, 6.07) is 7.52. The van der Waals surface area contributed by atoms with E-state index >= 15 is 0 Å². The summed E-state index contributed by atoms with van der Waals surface area (Å²) >= 11 is 0. The first-order chi connectivity index (χ1) is 10.8. The van der Waals surface area contributed by atoms with Crippen molar-refractivity contribution in [2.45, 2.75) is 70.6 Å². The Balaban J connectivity index is 1.84. The van der Waals surface area contributed by atoms with E-state index in [9.17, 15) is 4.79 Å². The third kappa shape index (κ3) is 3.23. The Morgan fingerprint density at radius 1 is 1.30 bits per heavy atom. The summed E-state index contributed by atoms with van der Waals surface area (Å²) < 4.78 is 6.34. The van der Waals surface area contributed by atoms with E-state index < -0.39 is 6.04 Å². The highest BCUT2D eigenvalue weighted by Crippen LogP contribution is 2.47. The summed E-state index contributed by atoms with van der Waals surface area (Å²) in [6.45, 7) is 5.98. The summed E-state index contributed by atoms with van der Waals surface area (Å²) in [5, 5.41) is 3.19. The monoisotopic (exact) mass is 316 g/mol. The molecule has 3 N–H and O–H groups in total. The number of nitrogens with one attached hydrogen (secondary N) is 1. The van der Waals surface area contributed by atoms with Gasteiger partial charge in [0.05, 0.1) is 12.1 Å². The Kier molecular flexibility index (Phi) is 4.13. The SMILES string of the molecule is CC(C)(C)[C@H](N)C(=O)NC1CC2(CCCC2)Oc2ccccc21. The second-order valence-electron chi connectivity index (χ2n) is 8.14. The Bertz CT molecular complexity index is 585. The number of hydrogen-bond acceptors (Lipinski definition) is 3. The summed E-state index contributed by atoms with van der Waals surface area (Å²) in [4.78, 5) is 12.6. The third-order valence-electron chi connectivity index (χ3n) is 5.24. The van der Waals surface area contributed by atoms with Crippen LogP contribution >= 0.6 is 0 Å². The van der Waals surface area contributed by atoms with E-state index in [4.69, 9.17) is 10.5 Å². The van der Waals surface area contributed by atoms with Crippen LogP contribution in [0, 0.1) is 5.41 Å². The molecule has 1 aromatic rings. The number of carbonyl (C=O) groups excluding carboxylic acids is 1. The first-order valence-electron chi connectivity index (χ1n) is 8.65. The molecule has 1 saturated carbocycles. The lowest BCUT2D eigenvalue weighted by Crippen LogP contribution is -2.51. The van der Waals surface area contributed by atoms with E-state index in [0.29, 0.717) is 0 Å². The smallest absolute Gasteiger partial charge is 0.237 e. The molecule has 4 nitrogen and oxygen atoms in total. The standard InChI is InChI=1S/C19H28N2O2/c1-18(2,3)16(20)17(22)21-14-12-19(10-6-7-11-19)23-15-9-5-4-8-13(14)15/h4-5,8-9,14,16H,6-7,10-12,20H2,1-3H3,(H,21,22)/t14?,16-/m1/s1. The summed E-state index contributed by atoms with van der Waals surface area (Å²) in [6.07, 6.45) is 5.37. The molecule has 1 fully saturated rings. The van der Waals surface area contributed by atoms with Crippen LogP contribution in [0.5, 0.6) is 5.75 Å². The van der Waals surface area contributed by atoms with Gasteiger partial charge < -0.3 is 15.8 Å². The van der Waals surface area contributed by atoms with Crippen molar-refractivity contribution >= 4 is 5.91 Å². The highest BCUT2D eigenvalue weighted by atomic mass is 16.5. The number of fused-ring (bicyclic) bond motifs is 1. The highest BCUT2D eigenvalue weighted by Gasteiger charge is 2.44. The molecule has 3 rings (SSSR count). The summed E-state index contributed by atoms with van der Waals surface area (Å²) in [5.41, 5.74) is 6.84. The second kappa shape index (κ2) is 5.82. The number of ether oxygens (including phenoxy) is 1. The van der Waals surface area contributed by atoms with Crippen LogP contribution in [0.3, 0.4) is 0 Å². The number of hydrogen-bond donors (Lipinski definition) is 2. The molecule has 1 heterocycles. The molecular formula is C19H28N2O2. The first kappa shape index (κ1) is 16.3. The van der Waals surface area contributed by atoms with Gasteiger partial charge in [-0.15, -0.1) is 0 Å². The predicted octanol–water partition coefficient (Wildman–Crippen LogP) is 3.31. The quantitative estimate of drug-likeness (QED) is 0.880. The number of amides is 1. The maximum absolute atomic E-state index is 12.6. The molecule has 0 aromatic heterocycles. The van der Waals surface area contributed by atoms with Crippen LogP contribution in [0.4, 0.5) is 0 Å². The van der Waals surface area contributed by atoms with Crippen molar-refractivity contribution in [2.24, 2.45) is 11.1 Å². The van der Waals surface area contributed by atoms with Gasteiger partial charge in [-0.1, -0.05) is 39.0 Å². The molecule has 2 atom stereocenters. The van der Waals surface area contributed by atoms with Gasteiger partial charge in [-0.3, -0.25) is 4.79 Å². The minimum atomic E-state index is -0.517. The molecule has 0 saturated heterocycles. The maximum Gasteiger partial charge on any atom is 0.237 e. The molecule has 1 spiro atoms. The lowest BCUT2D eigenvalue weighted by molar-refractivity contribution is -0.125. The average molecular weight is 316 g/mol. The first-order valence-corrected chi connectivity index (χ1v) is 8.65. The zero-order chi connectivity index (χ0) is 16.7. The molecule has 126 valence electrons. The van der Waals surface area contributed by atoms with Gasteiger partial charge in [0.25, 0.3) is 0 Å². The summed E-state index contributed by atoms with van der Waals surface area (Å²) in [5.74, 6) is 0.836. The Labute approximate surface area is 138 Å². The van der Waals surface area contributed by atoms with Gasteiger partial charge in [-0.05, 0) is 37.2 Å². The Morgan fingerprint density at radius 2 is 1.96 bits per heavy atom. The molecule has 1 unspecified atom stereocenters. The largest absolute Gasteiger partial charge is 0.487 e. The molecule has 1 aliphatic carbocycles. The van der Waals surface area contributed by atoms with Crippen LogP contribution in [-0.4, -0.2) is 17.6 Å². The molecule has 0 radical (unpaired) electrons. The highest BCUT2D eigenvalue weighted by molar-refractivity contribution is 5.82. The summed E-state index contributed by atoms with van der Waals surface area (Å²) in [7, 11) is 0. The fraction of sp³-hybridized carbons (Fsp3) is 0.632. The minimum absolute atomic E-state index is 0.0149. The predicted molar refractivity (Wildman–Crippen MR) is 91.2 cm³/mol. The molecule has 1 aromatic carbocycles. The molecule has 1 amide bonds. The minimum Gasteiger partial charge on any atom is -0.487 e. The fourth-order valence-corrected chi connectivity index (χ4v) is 3.73. The van der Waals surface area contributed by atoms with E-state index in [0.717, 1.165) is 30.6 Å². The van der Waals surface area contributed by atoms with Gasteiger partial charge in [-0.25, -0.2) is 0 Å². The van der Waals surface area contributed by atoms with Gasteiger partial charge >= 0.3 is 0 Å². The van der Waals surface area contributed by atoms with Crippen LogP contribution in [0.15, 0.2) is 24.3 Å². The van der Waals surface area contributed by atoms with Crippen molar-refractivity contribution in [3.63, 3.8) is 0 Å². The van der Waals surface area contributed by atoms with Gasteiger partial charge in [0, 0.05) is 12.0 Å². The zero-order valence-electron chi connectivity index (χ0n) is 14.4. The van der Waals surface area contributed by atoms with Crippen molar-refractivity contribution in [1.29, 1.82) is 0 Å². The fourth-order valence-electron chi connectivity index (χ4n) is 3.73. The van der Waals surface area contributed by atoms with Crippen molar-refractivity contribution in [1.82, 2.24) is 5.32 Å². The van der Waals surface area contributed by atoms with Gasteiger partial charge in [0.2, 0.25) is 5.91 Å². The van der Waals surface area contributed by atoms with Gasteiger partial charge in [0.1, 0.15) is 11.4 Å². The van der Waals surface area contributed by atoms with Crippen molar-refractivity contribution in [3.05, 3.63) is 29.8 Å². The number of carbonyl (C=O) groups is 1. The molecule has 4 heteroatoms. The number of para-hydroxylation sites is 1. The topological polar surface area (TPSA) is 64.4 Å².